The van der Waals surface area contributed by atoms with Crippen LogP contribution in [0.2, 0.25) is 0 Å². The minimum Gasteiger partial charge on any atom is -0.494 e. The highest BCUT2D eigenvalue weighted by Crippen LogP contribution is 2.32. The Morgan fingerprint density at radius 1 is 1.30 bits per heavy atom. The first-order valence-corrected chi connectivity index (χ1v) is 7.38. The topological polar surface area (TPSA) is 24.5 Å². The van der Waals surface area contributed by atoms with Gasteiger partial charge in [-0.2, -0.15) is 0 Å². The Morgan fingerprint density at radius 2 is 1.95 bits per heavy atom. The molecule has 0 aromatic heterocycles. The Kier molecular flexibility index (Phi) is 9.85. The molecule has 2 rings (SSSR count). The lowest BCUT2D eigenvalue weighted by Crippen LogP contribution is -2.44. The van der Waals surface area contributed by atoms with Crippen molar-refractivity contribution in [2.45, 2.75) is 19.9 Å². The van der Waals surface area contributed by atoms with E-state index in [2.05, 4.69) is 45.2 Å². The number of hydrogen-bond donors (Lipinski definition) is 1. The average Bonchev–Trinajstić information content (AvgIpc) is 2.41. The van der Waals surface area contributed by atoms with E-state index >= 15 is 0 Å². The molecule has 20 heavy (non-hydrogen) atoms. The quantitative estimate of drug-likeness (QED) is 0.855. The molecule has 1 saturated heterocycles. The molecule has 0 bridgehead atoms. The molecule has 1 atom stereocenters. The first-order chi connectivity index (χ1) is 8.72. The lowest BCUT2D eigenvalue weighted by atomic mass is 10.0. The number of hydrogen-bond acceptors (Lipinski definition) is 3. The molecule has 6 heteroatoms. The van der Waals surface area contributed by atoms with Crippen molar-refractivity contribution in [1.82, 2.24) is 10.2 Å². The second-order valence-electron chi connectivity index (χ2n) is 4.58. The summed E-state index contributed by atoms with van der Waals surface area (Å²) < 4.78 is 6.85. The molecular weight excluding hydrogens is 363 g/mol. The van der Waals surface area contributed by atoms with Crippen LogP contribution in [0.4, 0.5) is 0 Å². The minimum absolute atomic E-state index is 0. The summed E-state index contributed by atoms with van der Waals surface area (Å²) >= 11 is 3.55. The van der Waals surface area contributed by atoms with Crippen LogP contribution in [-0.4, -0.2) is 37.7 Å². The zero-order valence-electron chi connectivity index (χ0n) is 11.9. The van der Waals surface area contributed by atoms with Crippen LogP contribution in [0.3, 0.4) is 0 Å². The largest absolute Gasteiger partial charge is 0.494 e. The van der Waals surface area contributed by atoms with Gasteiger partial charge >= 0.3 is 0 Å². The number of benzene rings is 1. The van der Waals surface area contributed by atoms with E-state index < -0.39 is 0 Å². The summed E-state index contributed by atoms with van der Waals surface area (Å²) in [4.78, 5) is 2.50. The Morgan fingerprint density at radius 3 is 2.55 bits per heavy atom. The van der Waals surface area contributed by atoms with Crippen molar-refractivity contribution in [1.29, 1.82) is 0 Å². The van der Waals surface area contributed by atoms with Crippen molar-refractivity contribution in [2.24, 2.45) is 0 Å². The van der Waals surface area contributed by atoms with E-state index in [0.29, 0.717) is 12.6 Å². The molecular formula is C14H23BrCl2N2O. The standard InChI is InChI=1S/C14H21BrN2O.2ClH/c1-3-18-14-5-4-12(15)10-13(14)11(2)17-8-6-16-7-9-17;;/h4-5,10-11,16H,3,6-9H2,1-2H3;2*1H/t11-;;/m1../s1. The van der Waals surface area contributed by atoms with Crippen molar-refractivity contribution in [3.8, 4) is 5.75 Å². The van der Waals surface area contributed by atoms with Crippen LogP contribution in [0.25, 0.3) is 0 Å². The van der Waals surface area contributed by atoms with E-state index in [-0.39, 0.29) is 24.8 Å². The van der Waals surface area contributed by atoms with Gasteiger partial charge in [0.15, 0.2) is 0 Å². The predicted octanol–water partition coefficient (Wildman–Crippen LogP) is 3.66. The molecule has 0 radical (unpaired) electrons. The Bertz CT molecular complexity index is 401. The van der Waals surface area contributed by atoms with Gasteiger partial charge < -0.3 is 10.1 Å². The van der Waals surface area contributed by atoms with E-state index in [9.17, 15) is 0 Å². The highest BCUT2D eigenvalue weighted by atomic mass is 79.9. The van der Waals surface area contributed by atoms with Crippen LogP contribution in [0.5, 0.6) is 5.75 Å². The van der Waals surface area contributed by atoms with E-state index in [1.54, 1.807) is 0 Å². The molecule has 1 aromatic rings. The molecule has 0 unspecified atom stereocenters. The maximum atomic E-state index is 5.74. The molecule has 1 N–H and O–H groups in total. The number of rotatable bonds is 4. The van der Waals surface area contributed by atoms with Crippen LogP contribution in [0.1, 0.15) is 25.5 Å². The van der Waals surface area contributed by atoms with Gasteiger partial charge in [-0.1, -0.05) is 15.9 Å². The van der Waals surface area contributed by atoms with E-state index in [1.807, 2.05) is 13.0 Å². The molecule has 0 saturated carbocycles. The first-order valence-electron chi connectivity index (χ1n) is 6.59. The van der Waals surface area contributed by atoms with Crippen LogP contribution >= 0.6 is 40.7 Å². The third-order valence-electron chi connectivity index (χ3n) is 3.42. The predicted molar refractivity (Wildman–Crippen MR) is 92.7 cm³/mol. The maximum absolute atomic E-state index is 5.74. The van der Waals surface area contributed by atoms with Gasteiger partial charge in [0.2, 0.25) is 0 Å². The number of halogens is 3. The number of nitrogens with zero attached hydrogens (tertiary/aromatic N) is 1. The third kappa shape index (κ3) is 5.08. The summed E-state index contributed by atoms with van der Waals surface area (Å²) in [6.07, 6.45) is 0. The van der Waals surface area contributed by atoms with Crippen molar-refractivity contribution in [3.63, 3.8) is 0 Å². The zero-order valence-corrected chi connectivity index (χ0v) is 15.1. The molecule has 1 heterocycles. The summed E-state index contributed by atoms with van der Waals surface area (Å²) in [5.41, 5.74) is 1.27. The van der Waals surface area contributed by atoms with Crippen LogP contribution in [-0.2, 0) is 0 Å². The SMILES string of the molecule is CCOc1ccc(Br)cc1[C@@H](C)N1CCNCC1.Cl.Cl. The van der Waals surface area contributed by atoms with E-state index in [1.165, 1.54) is 5.56 Å². The van der Waals surface area contributed by atoms with Gasteiger partial charge in [-0.3, -0.25) is 4.90 Å². The Labute approximate surface area is 142 Å². The summed E-state index contributed by atoms with van der Waals surface area (Å²) in [7, 11) is 0. The molecule has 3 nitrogen and oxygen atoms in total. The monoisotopic (exact) mass is 384 g/mol. The third-order valence-corrected chi connectivity index (χ3v) is 3.91. The number of ether oxygens (including phenoxy) is 1. The van der Waals surface area contributed by atoms with Crippen molar-refractivity contribution < 1.29 is 4.74 Å². The molecule has 0 aliphatic carbocycles. The van der Waals surface area contributed by atoms with Gasteiger partial charge in [-0.25, -0.2) is 0 Å². The Hall–Kier alpha value is -0.000000000000000222. The summed E-state index contributed by atoms with van der Waals surface area (Å²) in [5, 5.41) is 3.39. The zero-order chi connectivity index (χ0) is 13.0. The maximum Gasteiger partial charge on any atom is 0.124 e. The fourth-order valence-corrected chi connectivity index (χ4v) is 2.78. The fourth-order valence-electron chi connectivity index (χ4n) is 2.40. The highest BCUT2D eigenvalue weighted by Gasteiger charge is 2.21. The van der Waals surface area contributed by atoms with Crippen LogP contribution in [0.15, 0.2) is 22.7 Å². The molecule has 0 spiro atoms. The van der Waals surface area contributed by atoms with Crippen molar-refractivity contribution in [3.05, 3.63) is 28.2 Å². The van der Waals surface area contributed by atoms with Gasteiger partial charge in [-0.05, 0) is 32.0 Å². The molecule has 0 amide bonds. The second-order valence-corrected chi connectivity index (χ2v) is 5.49. The van der Waals surface area contributed by atoms with Crippen molar-refractivity contribution >= 4 is 40.7 Å². The van der Waals surface area contributed by atoms with Crippen LogP contribution < -0.4 is 10.1 Å². The molecule has 1 aromatic carbocycles. The Balaban J connectivity index is 0.00000180. The van der Waals surface area contributed by atoms with Gasteiger partial charge in [0.25, 0.3) is 0 Å². The van der Waals surface area contributed by atoms with Crippen LogP contribution in [0, 0.1) is 0 Å². The van der Waals surface area contributed by atoms with Crippen molar-refractivity contribution in [2.75, 3.05) is 32.8 Å². The minimum atomic E-state index is 0. The van der Waals surface area contributed by atoms with E-state index in [0.717, 1.165) is 36.4 Å². The molecule has 1 aliphatic heterocycles. The molecule has 1 fully saturated rings. The second kappa shape index (κ2) is 9.85. The lowest BCUT2D eigenvalue weighted by molar-refractivity contribution is 0.181. The molecule has 1 aliphatic rings. The number of piperazine rings is 1. The normalized spacial score (nSPS) is 16.8. The van der Waals surface area contributed by atoms with Gasteiger partial charge in [0.1, 0.15) is 5.75 Å². The highest BCUT2D eigenvalue weighted by molar-refractivity contribution is 9.10. The smallest absolute Gasteiger partial charge is 0.124 e. The number of nitrogens with one attached hydrogen (secondary N) is 1. The first kappa shape index (κ1) is 20.0. The summed E-state index contributed by atoms with van der Waals surface area (Å²) in [6, 6.07) is 6.67. The van der Waals surface area contributed by atoms with Gasteiger partial charge in [-0.15, -0.1) is 24.8 Å². The lowest BCUT2D eigenvalue weighted by Gasteiger charge is -2.33. The van der Waals surface area contributed by atoms with Gasteiger partial charge in [0, 0.05) is 42.3 Å². The average molecular weight is 386 g/mol. The summed E-state index contributed by atoms with van der Waals surface area (Å²) in [5.74, 6) is 1.01. The van der Waals surface area contributed by atoms with E-state index in [4.69, 9.17) is 4.74 Å². The fraction of sp³-hybridized carbons (Fsp3) is 0.571. The molecule has 116 valence electrons. The van der Waals surface area contributed by atoms with Gasteiger partial charge in [0.05, 0.1) is 6.61 Å². The summed E-state index contributed by atoms with van der Waals surface area (Å²) in [6.45, 7) is 9.34.